The average molecular weight is 264 g/mol. The second-order valence-electron chi connectivity index (χ2n) is 5.10. The second-order valence-corrected chi connectivity index (χ2v) is 5.10. The Morgan fingerprint density at radius 3 is 3.05 bits per heavy atom. The van der Waals surface area contributed by atoms with Crippen molar-refractivity contribution in [3.63, 3.8) is 0 Å². The molecule has 0 bridgehead atoms. The van der Waals surface area contributed by atoms with Gasteiger partial charge >= 0.3 is 6.09 Å². The minimum Gasteiger partial charge on any atom is -0.447 e. The lowest BCUT2D eigenvalue weighted by Crippen LogP contribution is -2.45. The summed E-state index contributed by atoms with van der Waals surface area (Å²) in [7, 11) is 0. The SMILES string of the molecule is O=C1OCC(C2CCCNC2)N1c1cccc(F)c1. The topological polar surface area (TPSA) is 41.6 Å². The van der Waals surface area contributed by atoms with E-state index in [0.29, 0.717) is 18.2 Å². The largest absolute Gasteiger partial charge is 0.447 e. The molecule has 0 saturated carbocycles. The summed E-state index contributed by atoms with van der Waals surface area (Å²) in [5.74, 6) is 0.0289. The van der Waals surface area contributed by atoms with E-state index >= 15 is 0 Å². The van der Waals surface area contributed by atoms with E-state index in [1.807, 2.05) is 0 Å². The fourth-order valence-corrected chi connectivity index (χ4v) is 2.91. The molecule has 3 rings (SSSR count). The molecule has 4 nitrogen and oxygen atoms in total. The summed E-state index contributed by atoms with van der Waals surface area (Å²) < 4.78 is 18.5. The number of hydrogen-bond acceptors (Lipinski definition) is 3. The molecule has 2 heterocycles. The third kappa shape index (κ3) is 2.42. The maximum absolute atomic E-state index is 13.3. The van der Waals surface area contributed by atoms with Gasteiger partial charge in [-0.15, -0.1) is 0 Å². The van der Waals surface area contributed by atoms with Crippen molar-refractivity contribution in [2.75, 3.05) is 24.6 Å². The van der Waals surface area contributed by atoms with Crippen LogP contribution in [0, 0.1) is 11.7 Å². The second kappa shape index (κ2) is 5.17. The van der Waals surface area contributed by atoms with Crippen LogP contribution in [0.15, 0.2) is 24.3 Å². The van der Waals surface area contributed by atoms with Gasteiger partial charge in [-0.1, -0.05) is 6.07 Å². The number of carbonyl (C=O) groups is 1. The molecule has 2 fully saturated rings. The number of anilines is 1. The smallest absolute Gasteiger partial charge is 0.414 e. The third-order valence-electron chi connectivity index (χ3n) is 3.87. The number of nitrogens with zero attached hydrogens (tertiary/aromatic N) is 1. The summed E-state index contributed by atoms with van der Waals surface area (Å²) in [5.41, 5.74) is 0.582. The molecule has 2 saturated heterocycles. The van der Waals surface area contributed by atoms with Gasteiger partial charge in [-0.2, -0.15) is 0 Å². The molecular formula is C14H17FN2O2. The van der Waals surface area contributed by atoms with E-state index in [0.717, 1.165) is 25.9 Å². The Labute approximate surface area is 111 Å². The Morgan fingerprint density at radius 1 is 1.42 bits per heavy atom. The van der Waals surface area contributed by atoms with Gasteiger partial charge in [0.15, 0.2) is 0 Å². The maximum Gasteiger partial charge on any atom is 0.414 e. The molecule has 1 amide bonds. The minimum atomic E-state index is -0.374. The molecule has 1 N–H and O–H groups in total. The van der Waals surface area contributed by atoms with Crippen LogP contribution in [0.4, 0.5) is 14.9 Å². The zero-order valence-electron chi connectivity index (χ0n) is 10.6. The number of piperidine rings is 1. The highest BCUT2D eigenvalue weighted by Gasteiger charge is 2.39. The number of cyclic esters (lactones) is 1. The molecule has 0 aliphatic carbocycles. The quantitative estimate of drug-likeness (QED) is 0.890. The van der Waals surface area contributed by atoms with Gasteiger partial charge in [-0.25, -0.2) is 9.18 Å². The van der Waals surface area contributed by atoms with E-state index in [1.165, 1.54) is 12.1 Å². The van der Waals surface area contributed by atoms with Crippen molar-refractivity contribution in [2.24, 2.45) is 5.92 Å². The van der Waals surface area contributed by atoms with Crippen LogP contribution in [-0.4, -0.2) is 31.8 Å². The van der Waals surface area contributed by atoms with E-state index in [2.05, 4.69) is 5.32 Å². The van der Waals surface area contributed by atoms with Crippen molar-refractivity contribution in [2.45, 2.75) is 18.9 Å². The van der Waals surface area contributed by atoms with Crippen LogP contribution in [0.2, 0.25) is 0 Å². The Hall–Kier alpha value is -1.62. The number of hydrogen-bond donors (Lipinski definition) is 1. The molecule has 1 aromatic carbocycles. The number of ether oxygens (including phenoxy) is 1. The van der Waals surface area contributed by atoms with Crippen LogP contribution < -0.4 is 10.2 Å². The van der Waals surface area contributed by atoms with Gasteiger partial charge in [-0.05, 0) is 43.5 Å². The predicted octanol–water partition coefficient (Wildman–Crippen LogP) is 2.15. The van der Waals surface area contributed by atoms with Gasteiger partial charge in [0.25, 0.3) is 0 Å². The van der Waals surface area contributed by atoms with Crippen LogP contribution in [0.5, 0.6) is 0 Å². The Morgan fingerprint density at radius 2 is 2.32 bits per heavy atom. The van der Waals surface area contributed by atoms with Crippen molar-refractivity contribution < 1.29 is 13.9 Å². The van der Waals surface area contributed by atoms with Gasteiger partial charge in [-0.3, -0.25) is 4.90 Å². The van der Waals surface area contributed by atoms with Crippen LogP contribution >= 0.6 is 0 Å². The van der Waals surface area contributed by atoms with Gasteiger partial charge in [0.05, 0.1) is 11.7 Å². The van der Waals surface area contributed by atoms with Gasteiger partial charge in [0.2, 0.25) is 0 Å². The van der Waals surface area contributed by atoms with Crippen molar-refractivity contribution in [3.8, 4) is 0 Å². The number of carbonyl (C=O) groups excluding carboxylic acids is 1. The first-order valence-corrected chi connectivity index (χ1v) is 6.68. The average Bonchev–Trinajstić information content (AvgIpc) is 2.82. The highest BCUT2D eigenvalue weighted by molar-refractivity contribution is 5.90. The van der Waals surface area contributed by atoms with E-state index in [9.17, 15) is 9.18 Å². The van der Waals surface area contributed by atoms with Crippen LogP contribution in [0.3, 0.4) is 0 Å². The van der Waals surface area contributed by atoms with Crippen LogP contribution in [0.1, 0.15) is 12.8 Å². The summed E-state index contributed by atoms with van der Waals surface area (Å²) in [6, 6.07) is 6.13. The molecule has 0 radical (unpaired) electrons. The summed E-state index contributed by atoms with van der Waals surface area (Å²) in [4.78, 5) is 13.5. The number of rotatable bonds is 2. The lowest BCUT2D eigenvalue weighted by atomic mass is 9.91. The predicted molar refractivity (Wildman–Crippen MR) is 69.6 cm³/mol. The molecule has 0 spiro atoms. The summed E-state index contributed by atoms with van der Waals surface area (Å²) in [6.07, 6.45) is 1.80. The first-order chi connectivity index (χ1) is 9.25. The van der Waals surface area contributed by atoms with Gasteiger partial charge in [0.1, 0.15) is 12.4 Å². The molecule has 0 aromatic heterocycles. The van der Waals surface area contributed by atoms with Crippen LogP contribution in [-0.2, 0) is 4.74 Å². The molecule has 5 heteroatoms. The van der Waals surface area contributed by atoms with Crippen LogP contribution in [0.25, 0.3) is 0 Å². The summed E-state index contributed by atoms with van der Waals surface area (Å²) >= 11 is 0. The number of benzene rings is 1. The number of halogens is 1. The van der Waals surface area contributed by atoms with Crippen molar-refractivity contribution in [1.82, 2.24) is 5.32 Å². The minimum absolute atomic E-state index is 0.00194. The van der Waals surface area contributed by atoms with E-state index in [-0.39, 0.29) is 18.0 Å². The summed E-state index contributed by atoms with van der Waals surface area (Å²) in [6.45, 7) is 2.30. The molecule has 2 aliphatic rings. The number of nitrogens with one attached hydrogen (secondary N) is 1. The monoisotopic (exact) mass is 264 g/mol. The molecule has 19 heavy (non-hydrogen) atoms. The summed E-state index contributed by atoms with van der Waals surface area (Å²) in [5, 5.41) is 3.34. The fraction of sp³-hybridized carbons (Fsp3) is 0.500. The highest BCUT2D eigenvalue weighted by atomic mass is 19.1. The standard InChI is InChI=1S/C14H17FN2O2/c15-11-4-1-5-12(7-11)17-13(9-19-14(17)18)10-3-2-6-16-8-10/h1,4-5,7,10,13,16H,2-3,6,8-9H2. The lowest BCUT2D eigenvalue weighted by Gasteiger charge is -2.32. The lowest BCUT2D eigenvalue weighted by molar-refractivity contribution is 0.174. The molecular weight excluding hydrogens is 247 g/mol. The van der Waals surface area contributed by atoms with Crippen molar-refractivity contribution in [3.05, 3.63) is 30.1 Å². The zero-order chi connectivity index (χ0) is 13.2. The van der Waals surface area contributed by atoms with Crippen molar-refractivity contribution in [1.29, 1.82) is 0 Å². The van der Waals surface area contributed by atoms with E-state index < -0.39 is 0 Å². The first kappa shape index (κ1) is 12.4. The van der Waals surface area contributed by atoms with E-state index in [1.54, 1.807) is 17.0 Å². The molecule has 102 valence electrons. The molecule has 2 atom stereocenters. The molecule has 2 unspecified atom stereocenters. The zero-order valence-corrected chi connectivity index (χ0v) is 10.6. The Balaban J connectivity index is 1.85. The fourth-order valence-electron chi connectivity index (χ4n) is 2.91. The van der Waals surface area contributed by atoms with Crippen molar-refractivity contribution >= 4 is 11.8 Å². The molecule has 2 aliphatic heterocycles. The van der Waals surface area contributed by atoms with Gasteiger partial charge < -0.3 is 10.1 Å². The highest BCUT2D eigenvalue weighted by Crippen LogP contribution is 2.30. The number of amides is 1. The Bertz CT molecular complexity index is 474. The maximum atomic E-state index is 13.3. The molecule has 1 aromatic rings. The first-order valence-electron chi connectivity index (χ1n) is 6.68. The normalized spacial score (nSPS) is 27.4. The van der Waals surface area contributed by atoms with Gasteiger partial charge in [0, 0.05) is 6.54 Å². The van der Waals surface area contributed by atoms with E-state index in [4.69, 9.17) is 4.74 Å². The Kier molecular flexibility index (Phi) is 3.38. The third-order valence-corrected chi connectivity index (χ3v) is 3.87.